The summed E-state index contributed by atoms with van der Waals surface area (Å²) in [6.45, 7) is 1.12. The smallest absolute Gasteiger partial charge is 0.312 e. The number of nitrogens with zero attached hydrogens (tertiary/aromatic N) is 3. The van der Waals surface area contributed by atoms with Gasteiger partial charge in [0.25, 0.3) is 0 Å². The Morgan fingerprint density at radius 1 is 1.32 bits per heavy atom. The molecule has 0 saturated carbocycles. The molecule has 3 rings (SSSR count). The van der Waals surface area contributed by atoms with Gasteiger partial charge in [-0.2, -0.15) is 13.9 Å². The molecule has 25 heavy (non-hydrogen) atoms. The van der Waals surface area contributed by atoms with Crippen LogP contribution < -0.4 is 4.90 Å². The number of halogens is 3. The summed E-state index contributed by atoms with van der Waals surface area (Å²) < 4.78 is 26.7. The van der Waals surface area contributed by atoms with Gasteiger partial charge >= 0.3 is 6.55 Å². The van der Waals surface area contributed by atoms with Gasteiger partial charge in [0.2, 0.25) is 5.91 Å². The van der Waals surface area contributed by atoms with Crippen molar-refractivity contribution in [1.82, 2.24) is 9.78 Å². The second kappa shape index (κ2) is 7.12. The minimum atomic E-state index is -2.71. The number of benzene rings is 1. The van der Waals surface area contributed by atoms with Crippen molar-refractivity contribution >= 4 is 23.2 Å². The summed E-state index contributed by atoms with van der Waals surface area (Å²) in [5.74, 6) is -0.120. The second-order valence-corrected chi connectivity index (χ2v) is 6.76. The summed E-state index contributed by atoms with van der Waals surface area (Å²) in [7, 11) is 0. The number of fused-ring (bicyclic) bond motifs is 1. The maximum Gasteiger partial charge on any atom is 0.333 e. The fraction of sp³-hybridized carbons (Fsp3) is 0.444. The first-order valence-corrected chi connectivity index (χ1v) is 8.68. The molecule has 0 atom stereocenters. The fourth-order valence-electron chi connectivity index (χ4n) is 3.35. The molecule has 1 aromatic heterocycles. The molecule has 0 aliphatic carbocycles. The van der Waals surface area contributed by atoms with Gasteiger partial charge in [0.1, 0.15) is 0 Å². The van der Waals surface area contributed by atoms with Crippen molar-refractivity contribution in [3.05, 3.63) is 45.7 Å². The van der Waals surface area contributed by atoms with Crippen molar-refractivity contribution in [3.63, 3.8) is 0 Å². The van der Waals surface area contributed by atoms with E-state index in [9.17, 15) is 13.6 Å². The fourth-order valence-corrected chi connectivity index (χ4v) is 3.52. The first-order chi connectivity index (χ1) is 11.9. The third kappa shape index (κ3) is 3.54. The van der Waals surface area contributed by atoms with E-state index < -0.39 is 6.55 Å². The van der Waals surface area contributed by atoms with E-state index in [0.29, 0.717) is 33.2 Å². The lowest BCUT2D eigenvalue weighted by Crippen LogP contribution is -2.33. The van der Waals surface area contributed by atoms with E-state index in [1.807, 2.05) is 18.2 Å². The molecule has 2 aromatic rings. The van der Waals surface area contributed by atoms with Crippen LogP contribution in [0.15, 0.2) is 18.2 Å². The monoisotopic (exact) mass is 367 g/mol. The molecule has 4 nitrogen and oxygen atoms in total. The average molecular weight is 368 g/mol. The van der Waals surface area contributed by atoms with Crippen LogP contribution in [0.2, 0.25) is 5.02 Å². The van der Waals surface area contributed by atoms with E-state index >= 15 is 0 Å². The molecule has 134 valence electrons. The van der Waals surface area contributed by atoms with E-state index in [4.69, 9.17) is 11.6 Å². The van der Waals surface area contributed by atoms with E-state index in [-0.39, 0.29) is 12.3 Å². The summed E-state index contributed by atoms with van der Waals surface area (Å²) >= 11 is 6.11. The van der Waals surface area contributed by atoms with E-state index in [1.54, 1.807) is 18.7 Å². The zero-order chi connectivity index (χ0) is 18.1. The summed E-state index contributed by atoms with van der Waals surface area (Å²) in [6.07, 6.45) is 2.85. The summed E-state index contributed by atoms with van der Waals surface area (Å²) in [5, 5.41) is 4.44. The van der Waals surface area contributed by atoms with Crippen molar-refractivity contribution in [3.8, 4) is 0 Å². The molecule has 0 bridgehead atoms. The summed E-state index contributed by atoms with van der Waals surface area (Å²) in [6, 6.07) is 5.59. The molecule has 0 radical (unpaired) electrons. The lowest BCUT2D eigenvalue weighted by molar-refractivity contribution is -0.118. The van der Waals surface area contributed by atoms with Gasteiger partial charge in [-0.3, -0.25) is 4.79 Å². The Morgan fingerprint density at radius 2 is 2.08 bits per heavy atom. The van der Waals surface area contributed by atoms with Crippen molar-refractivity contribution in [1.29, 1.82) is 0 Å². The molecule has 0 fully saturated rings. The van der Waals surface area contributed by atoms with Crippen LogP contribution >= 0.6 is 11.6 Å². The van der Waals surface area contributed by atoms with E-state index in [1.165, 1.54) is 0 Å². The lowest BCUT2D eigenvalue weighted by atomic mass is 10.1. The largest absolute Gasteiger partial charge is 0.333 e. The van der Waals surface area contributed by atoms with Crippen LogP contribution in [0.3, 0.4) is 0 Å². The van der Waals surface area contributed by atoms with Crippen LogP contribution in [0.25, 0.3) is 0 Å². The number of amides is 1. The zero-order valence-electron chi connectivity index (χ0n) is 14.2. The van der Waals surface area contributed by atoms with Crippen molar-refractivity contribution in [2.75, 3.05) is 11.4 Å². The molecule has 1 aliphatic rings. The van der Waals surface area contributed by atoms with Gasteiger partial charge in [-0.1, -0.05) is 17.7 Å². The molecule has 7 heteroatoms. The van der Waals surface area contributed by atoms with E-state index in [0.717, 1.165) is 30.5 Å². The molecule has 2 heterocycles. The maximum absolute atomic E-state index is 13.0. The molecule has 1 aromatic carbocycles. The Labute approximate surface area is 150 Å². The number of carbonyl (C=O) groups is 1. The third-order valence-electron chi connectivity index (χ3n) is 4.70. The average Bonchev–Trinajstić information content (AvgIpc) is 2.74. The van der Waals surface area contributed by atoms with Gasteiger partial charge in [0, 0.05) is 28.5 Å². The normalized spacial score (nSPS) is 14.6. The highest BCUT2D eigenvalue weighted by Gasteiger charge is 2.25. The zero-order valence-corrected chi connectivity index (χ0v) is 15.0. The molecule has 0 spiro atoms. The number of aromatic nitrogens is 2. The van der Waals surface area contributed by atoms with Gasteiger partial charge in [0.05, 0.1) is 12.1 Å². The summed E-state index contributed by atoms with van der Waals surface area (Å²) in [4.78, 5) is 14.7. The first-order valence-electron chi connectivity index (χ1n) is 8.30. The molecule has 1 aliphatic heterocycles. The minimum Gasteiger partial charge on any atom is -0.312 e. The minimum absolute atomic E-state index is 0.0519. The number of carbonyl (C=O) groups excluding carboxylic acids is 1. The highest BCUT2D eigenvalue weighted by Crippen LogP contribution is 2.30. The third-order valence-corrected chi connectivity index (χ3v) is 4.94. The Hall–Kier alpha value is -1.95. The molecule has 0 unspecified atom stereocenters. The molecular formula is C18H20ClF2N3O. The van der Waals surface area contributed by atoms with Crippen LogP contribution in [-0.4, -0.2) is 22.2 Å². The molecular weight excluding hydrogens is 348 g/mol. The summed E-state index contributed by atoms with van der Waals surface area (Å²) in [5.41, 5.74) is 3.28. The van der Waals surface area contributed by atoms with Gasteiger partial charge < -0.3 is 4.90 Å². The molecule has 0 saturated heterocycles. The Bertz CT molecular complexity index is 804. The molecule has 1 amide bonds. The topological polar surface area (TPSA) is 38.1 Å². The number of hydrogen-bond acceptors (Lipinski definition) is 2. The van der Waals surface area contributed by atoms with Gasteiger partial charge in [-0.15, -0.1) is 0 Å². The predicted octanol–water partition coefficient (Wildman–Crippen LogP) is 4.46. The molecule has 0 N–H and O–H groups in total. The lowest BCUT2D eigenvalue weighted by Gasteiger charge is -2.23. The van der Waals surface area contributed by atoms with Crippen LogP contribution in [-0.2, 0) is 17.6 Å². The van der Waals surface area contributed by atoms with Crippen LogP contribution in [0, 0.1) is 13.8 Å². The Morgan fingerprint density at radius 3 is 2.76 bits per heavy atom. The van der Waals surface area contributed by atoms with Gasteiger partial charge in [-0.05, 0) is 50.8 Å². The standard InChI is InChI=1S/C18H20ClF2N3O/c1-11-15(12(2)24(22-11)18(20)21)10-17(25)23-8-4-3-5-13-6-7-14(19)9-16(13)23/h6-7,9,18H,3-5,8,10H2,1-2H3. The van der Waals surface area contributed by atoms with Gasteiger partial charge in [-0.25, -0.2) is 4.68 Å². The van der Waals surface area contributed by atoms with Crippen LogP contribution in [0.5, 0.6) is 0 Å². The van der Waals surface area contributed by atoms with Crippen molar-refractivity contribution in [2.24, 2.45) is 0 Å². The number of aryl methyl sites for hydroxylation is 2. The maximum atomic E-state index is 13.0. The number of alkyl halides is 2. The Balaban J connectivity index is 1.91. The first kappa shape index (κ1) is 17.9. The highest BCUT2D eigenvalue weighted by molar-refractivity contribution is 6.31. The highest BCUT2D eigenvalue weighted by atomic mass is 35.5. The van der Waals surface area contributed by atoms with Crippen molar-refractivity contribution < 1.29 is 13.6 Å². The van der Waals surface area contributed by atoms with Crippen LogP contribution in [0.4, 0.5) is 14.5 Å². The van der Waals surface area contributed by atoms with Crippen LogP contribution in [0.1, 0.15) is 41.9 Å². The quantitative estimate of drug-likeness (QED) is 0.803. The number of anilines is 1. The van der Waals surface area contributed by atoms with Gasteiger partial charge in [0.15, 0.2) is 0 Å². The van der Waals surface area contributed by atoms with E-state index in [2.05, 4.69) is 5.10 Å². The second-order valence-electron chi connectivity index (χ2n) is 6.32. The Kier molecular flexibility index (Phi) is 5.08. The predicted molar refractivity (Wildman–Crippen MR) is 93.4 cm³/mol. The SMILES string of the molecule is Cc1nn(C(F)F)c(C)c1CC(=O)N1CCCCc2ccc(Cl)cc21. The van der Waals surface area contributed by atoms with Crippen molar-refractivity contribution in [2.45, 2.75) is 46.1 Å². The number of rotatable bonds is 3. The number of hydrogen-bond donors (Lipinski definition) is 0.